The summed E-state index contributed by atoms with van der Waals surface area (Å²) in [5.41, 5.74) is -1.15. The molecule has 0 atom stereocenters. The number of nitrogens with one attached hydrogen (secondary N) is 1. The van der Waals surface area contributed by atoms with Crippen molar-refractivity contribution in [1.29, 1.82) is 0 Å². The molecule has 9 nitrogen and oxygen atoms in total. The van der Waals surface area contributed by atoms with Crippen LogP contribution in [0.2, 0.25) is 0 Å². The first-order chi connectivity index (χ1) is 15.5. The fourth-order valence-electron chi connectivity index (χ4n) is 3.97. The van der Waals surface area contributed by atoms with Crippen LogP contribution in [-0.2, 0) is 22.7 Å². The molecule has 0 radical (unpaired) electrons. The maximum absolute atomic E-state index is 13.1. The van der Waals surface area contributed by atoms with Crippen LogP contribution in [0.25, 0.3) is 10.9 Å². The smallest absolute Gasteiger partial charge is 0.360 e. The third-order valence-corrected chi connectivity index (χ3v) is 7.71. The summed E-state index contributed by atoms with van der Waals surface area (Å²) >= 11 is 0. The van der Waals surface area contributed by atoms with Gasteiger partial charge in [-0.2, -0.15) is 17.5 Å². The Hall–Kier alpha value is -2.77. The number of alkyl halides is 3. The first-order valence-electron chi connectivity index (χ1n) is 10.2. The van der Waals surface area contributed by atoms with Crippen molar-refractivity contribution in [3.8, 4) is 0 Å². The van der Waals surface area contributed by atoms with Gasteiger partial charge >= 0.3 is 6.18 Å². The average molecular weight is 485 g/mol. The highest BCUT2D eigenvalue weighted by molar-refractivity contribution is 7.89. The molecular formula is C20H22F3N5O4S. The van der Waals surface area contributed by atoms with E-state index in [4.69, 9.17) is 4.52 Å². The van der Waals surface area contributed by atoms with Crippen molar-refractivity contribution in [1.82, 2.24) is 24.3 Å². The van der Waals surface area contributed by atoms with Crippen LogP contribution in [-0.4, -0.2) is 58.9 Å². The zero-order valence-corrected chi connectivity index (χ0v) is 18.8. The first-order valence-corrected chi connectivity index (χ1v) is 11.7. The topological polar surface area (TPSA) is 112 Å². The van der Waals surface area contributed by atoms with Crippen LogP contribution in [0.15, 0.2) is 32.4 Å². The number of hydrogen-bond donors (Lipinski definition) is 1. The minimum absolute atomic E-state index is 0.0407. The highest BCUT2D eigenvalue weighted by atomic mass is 32.2. The Bertz CT molecular complexity index is 1330. The van der Waals surface area contributed by atoms with E-state index in [1.165, 1.54) is 4.31 Å². The van der Waals surface area contributed by atoms with E-state index in [0.717, 1.165) is 18.2 Å². The van der Waals surface area contributed by atoms with E-state index < -0.39 is 27.3 Å². The minimum Gasteiger partial charge on any atom is -0.360 e. The van der Waals surface area contributed by atoms with Gasteiger partial charge in [-0.05, 0) is 45.0 Å². The molecule has 1 aliphatic heterocycles. The third kappa shape index (κ3) is 4.66. The summed E-state index contributed by atoms with van der Waals surface area (Å²) in [5, 5.41) is 3.79. The second-order valence-electron chi connectivity index (χ2n) is 7.93. The number of hydrogen-bond acceptors (Lipinski definition) is 7. The van der Waals surface area contributed by atoms with Crippen LogP contribution >= 0.6 is 0 Å². The van der Waals surface area contributed by atoms with Crippen molar-refractivity contribution in [3.63, 3.8) is 0 Å². The summed E-state index contributed by atoms with van der Waals surface area (Å²) in [6, 6.07) is 2.81. The third-order valence-electron chi connectivity index (χ3n) is 5.57. The summed E-state index contributed by atoms with van der Waals surface area (Å²) < 4.78 is 71.6. The number of aryl methyl sites for hydroxylation is 2. The number of rotatable bonds is 4. The highest BCUT2D eigenvalue weighted by Crippen LogP contribution is 2.30. The van der Waals surface area contributed by atoms with E-state index in [0.29, 0.717) is 31.7 Å². The van der Waals surface area contributed by atoms with E-state index in [9.17, 15) is 26.4 Å². The molecule has 178 valence electrons. The number of benzene rings is 1. The molecule has 0 bridgehead atoms. The average Bonchev–Trinajstić information content (AvgIpc) is 2.92. The molecule has 2 aromatic heterocycles. The molecule has 0 amide bonds. The Kier molecular flexibility index (Phi) is 6.05. The van der Waals surface area contributed by atoms with Gasteiger partial charge in [0.1, 0.15) is 16.4 Å². The van der Waals surface area contributed by atoms with Crippen molar-refractivity contribution in [2.24, 2.45) is 0 Å². The zero-order valence-electron chi connectivity index (χ0n) is 17.9. The Labute approximate surface area is 187 Å². The molecular weight excluding hydrogens is 463 g/mol. The summed E-state index contributed by atoms with van der Waals surface area (Å²) in [5.74, 6) is 0.443. The zero-order chi connectivity index (χ0) is 24.0. The molecule has 1 aliphatic rings. The molecule has 4 rings (SSSR count). The number of halogens is 3. The van der Waals surface area contributed by atoms with E-state index in [1.807, 2.05) is 4.90 Å². The predicted octanol–water partition coefficient (Wildman–Crippen LogP) is 2.44. The largest absolute Gasteiger partial charge is 0.416 e. The lowest BCUT2D eigenvalue weighted by Crippen LogP contribution is -2.35. The van der Waals surface area contributed by atoms with Gasteiger partial charge in [-0.15, -0.1) is 0 Å². The molecule has 3 aromatic rings. The molecule has 0 saturated carbocycles. The second-order valence-corrected chi connectivity index (χ2v) is 9.80. The molecule has 1 aromatic carbocycles. The van der Waals surface area contributed by atoms with Gasteiger partial charge in [0.05, 0.1) is 23.0 Å². The van der Waals surface area contributed by atoms with Gasteiger partial charge in [-0.3, -0.25) is 9.69 Å². The lowest BCUT2D eigenvalue weighted by Gasteiger charge is -2.21. The quantitative estimate of drug-likeness (QED) is 0.604. The van der Waals surface area contributed by atoms with Crippen molar-refractivity contribution in [2.45, 2.75) is 37.9 Å². The normalized spacial score (nSPS) is 16.9. The molecule has 33 heavy (non-hydrogen) atoms. The molecule has 1 N–H and O–H groups in total. The molecule has 0 spiro atoms. The second kappa shape index (κ2) is 8.54. The maximum atomic E-state index is 13.1. The standard InChI is InChI=1S/C20H22F3N5O4S/c1-12-18(13(2)32-26-12)33(30,31)28-7-3-6-27(8-9-28)11-17-24-16-10-14(20(21,22)23)4-5-15(16)19(29)25-17/h4-5,10H,3,6-9,11H2,1-2H3,(H,24,25,29). The molecule has 0 unspecified atom stereocenters. The lowest BCUT2D eigenvalue weighted by atomic mass is 10.1. The van der Waals surface area contributed by atoms with E-state index in [2.05, 4.69) is 15.1 Å². The summed E-state index contributed by atoms with van der Waals surface area (Å²) in [7, 11) is -3.78. The number of nitrogens with zero attached hydrogens (tertiary/aromatic N) is 4. The SMILES string of the molecule is Cc1noc(C)c1S(=O)(=O)N1CCCN(Cc2nc3cc(C(F)(F)F)ccc3c(=O)[nH]2)CC1. The summed E-state index contributed by atoms with van der Waals surface area (Å²) in [6.45, 7) is 4.65. The highest BCUT2D eigenvalue weighted by Gasteiger charge is 2.33. The van der Waals surface area contributed by atoms with Crippen LogP contribution < -0.4 is 5.56 Å². The Morgan fingerprint density at radius 3 is 2.58 bits per heavy atom. The summed E-state index contributed by atoms with van der Waals surface area (Å²) in [6.07, 6.45) is -4.02. The first kappa shape index (κ1) is 23.4. The van der Waals surface area contributed by atoms with Crippen LogP contribution in [0.4, 0.5) is 13.2 Å². The van der Waals surface area contributed by atoms with Gasteiger partial charge in [0, 0.05) is 19.6 Å². The van der Waals surface area contributed by atoms with Gasteiger partial charge in [0.25, 0.3) is 5.56 Å². The van der Waals surface area contributed by atoms with Gasteiger partial charge in [-0.1, -0.05) is 5.16 Å². The lowest BCUT2D eigenvalue weighted by molar-refractivity contribution is -0.137. The van der Waals surface area contributed by atoms with E-state index in [-0.39, 0.29) is 40.5 Å². The number of sulfonamides is 1. The van der Waals surface area contributed by atoms with Crippen LogP contribution in [0.1, 0.15) is 29.3 Å². The maximum Gasteiger partial charge on any atom is 0.416 e. The Morgan fingerprint density at radius 2 is 1.91 bits per heavy atom. The fourth-order valence-corrected chi connectivity index (χ4v) is 5.73. The van der Waals surface area contributed by atoms with Gasteiger partial charge in [-0.25, -0.2) is 13.4 Å². The van der Waals surface area contributed by atoms with Crippen molar-refractivity contribution < 1.29 is 26.1 Å². The number of aromatic amines is 1. The van der Waals surface area contributed by atoms with E-state index >= 15 is 0 Å². The molecule has 3 heterocycles. The van der Waals surface area contributed by atoms with Crippen LogP contribution in [0, 0.1) is 13.8 Å². The number of fused-ring (bicyclic) bond motifs is 1. The van der Waals surface area contributed by atoms with Crippen molar-refractivity contribution >= 4 is 20.9 Å². The summed E-state index contributed by atoms with van der Waals surface area (Å²) in [4.78, 5) is 21.2. The molecule has 13 heteroatoms. The van der Waals surface area contributed by atoms with Crippen molar-refractivity contribution in [3.05, 3.63) is 51.4 Å². The van der Waals surface area contributed by atoms with E-state index in [1.54, 1.807) is 13.8 Å². The number of H-pyrrole nitrogens is 1. The van der Waals surface area contributed by atoms with Gasteiger partial charge in [0.2, 0.25) is 10.0 Å². The fraction of sp³-hybridized carbons (Fsp3) is 0.450. The van der Waals surface area contributed by atoms with Crippen LogP contribution in [0.3, 0.4) is 0 Å². The molecule has 1 fully saturated rings. The monoisotopic (exact) mass is 485 g/mol. The number of aromatic nitrogens is 3. The Balaban J connectivity index is 1.53. The Morgan fingerprint density at radius 1 is 1.15 bits per heavy atom. The molecule has 1 saturated heterocycles. The molecule has 0 aliphatic carbocycles. The van der Waals surface area contributed by atoms with Gasteiger partial charge < -0.3 is 9.51 Å². The minimum atomic E-state index is -4.54. The van der Waals surface area contributed by atoms with Crippen molar-refractivity contribution in [2.75, 3.05) is 26.2 Å². The van der Waals surface area contributed by atoms with Crippen LogP contribution in [0.5, 0.6) is 0 Å². The van der Waals surface area contributed by atoms with Gasteiger partial charge in [0.15, 0.2) is 5.76 Å². The predicted molar refractivity (Wildman–Crippen MR) is 112 cm³/mol.